The van der Waals surface area contributed by atoms with Gasteiger partial charge < -0.3 is 9.64 Å². The Morgan fingerprint density at radius 2 is 1.76 bits per heavy atom. The molecule has 2 aromatic rings. The Hall–Kier alpha value is -2.41. The van der Waals surface area contributed by atoms with E-state index in [1.54, 1.807) is 30.3 Å². The molecule has 0 radical (unpaired) electrons. The van der Waals surface area contributed by atoms with Crippen molar-refractivity contribution in [1.29, 1.82) is 0 Å². The van der Waals surface area contributed by atoms with E-state index < -0.39 is 10.9 Å². The molecule has 0 unspecified atom stereocenters. The molecule has 1 heterocycles. The molecule has 1 fully saturated rings. The Morgan fingerprint density at radius 1 is 1.08 bits per heavy atom. The number of non-ortho nitro benzene ring substituents is 1. The zero-order valence-corrected chi connectivity index (χ0v) is 15.1. The van der Waals surface area contributed by atoms with Crippen LogP contribution in [0.5, 0.6) is 5.75 Å². The molecule has 25 heavy (non-hydrogen) atoms. The number of benzene rings is 2. The number of esters is 1. The van der Waals surface area contributed by atoms with Gasteiger partial charge in [-0.15, -0.1) is 0 Å². The lowest BCUT2D eigenvalue weighted by molar-refractivity contribution is -0.384. The van der Waals surface area contributed by atoms with Crippen molar-refractivity contribution < 1.29 is 14.5 Å². The second-order valence-corrected chi connectivity index (χ2v) is 6.77. The summed E-state index contributed by atoms with van der Waals surface area (Å²) in [6.45, 7) is 1.66. The van der Waals surface area contributed by atoms with Gasteiger partial charge in [-0.1, -0.05) is 15.9 Å². The molecule has 0 amide bonds. The van der Waals surface area contributed by atoms with Gasteiger partial charge in [0.2, 0.25) is 0 Å². The summed E-state index contributed by atoms with van der Waals surface area (Å²) in [5.41, 5.74) is 0.787. The third-order valence-electron chi connectivity index (χ3n) is 4.13. The minimum atomic E-state index is -0.591. The van der Waals surface area contributed by atoms with E-state index in [4.69, 9.17) is 4.74 Å². The van der Waals surface area contributed by atoms with Crippen molar-refractivity contribution in [2.45, 2.75) is 19.3 Å². The molecule has 7 heteroatoms. The number of nitrogens with zero attached hydrogens (tertiary/aromatic N) is 2. The minimum absolute atomic E-state index is 0.122. The van der Waals surface area contributed by atoms with Gasteiger partial charge in [0.25, 0.3) is 5.69 Å². The van der Waals surface area contributed by atoms with Crippen LogP contribution in [0, 0.1) is 10.1 Å². The molecule has 1 saturated heterocycles. The molecule has 130 valence electrons. The third kappa shape index (κ3) is 4.17. The maximum atomic E-state index is 12.7. The van der Waals surface area contributed by atoms with E-state index in [1.807, 2.05) is 0 Å². The van der Waals surface area contributed by atoms with Crippen LogP contribution in [0.4, 0.5) is 11.4 Å². The number of halogens is 1. The third-order valence-corrected chi connectivity index (χ3v) is 4.66. The lowest BCUT2D eigenvalue weighted by atomic mass is 10.1. The highest BCUT2D eigenvalue weighted by Crippen LogP contribution is 2.29. The van der Waals surface area contributed by atoms with Crippen molar-refractivity contribution in [1.82, 2.24) is 0 Å². The summed E-state index contributed by atoms with van der Waals surface area (Å²) in [5.74, 6) is -0.198. The maximum absolute atomic E-state index is 12.7. The van der Waals surface area contributed by atoms with E-state index >= 15 is 0 Å². The van der Waals surface area contributed by atoms with E-state index in [9.17, 15) is 14.9 Å². The Bertz CT molecular complexity index is 786. The molecular formula is C18H17BrN2O4. The van der Waals surface area contributed by atoms with E-state index in [-0.39, 0.29) is 11.3 Å². The van der Waals surface area contributed by atoms with Crippen LogP contribution in [0.25, 0.3) is 0 Å². The first kappa shape index (κ1) is 17.4. The van der Waals surface area contributed by atoms with Gasteiger partial charge in [-0.2, -0.15) is 0 Å². The van der Waals surface area contributed by atoms with Gasteiger partial charge >= 0.3 is 5.97 Å². The summed E-state index contributed by atoms with van der Waals surface area (Å²) in [6.07, 6.45) is 3.23. The zero-order valence-electron chi connectivity index (χ0n) is 13.5. The van der Waals surface area contributed by atoms with Crippen LogP contribution in [0.2, 0.25) is 0 Å². The fraction of sp³-hybridized carbons (Fsp3) is 0.278. The number of hydrogen-bond acceptors (Lipinski definition) is 5. The van der Waals surface area contributed by atoms with E-state index in [0.29, 0.717) is 11.4 Å². The summed E-state index contributed by atoms with van der Waals surface area (Å²) < 4.78 is 6.28. The molecule has 0 aliphatic carbocycles. The van der Waals surface area contributed by atoms with Crippen LogP contribution in [0.1, 0.15) is 29.6 Å². The summed E-state index contributed by atoms with van der Waals surface area (Å²) in [6, 6.07) is 11.2. The standard InChI is InChI=1S/C18H17BrN2O4/c19-13-4-7-15(8-5-13)25-18(22)16-12-14(21(23)24)6-9-17(16)20-10-2-1-3-11-20/h4-9,12H,1-3,10-11H2. The summed E-state index contributed by atoms with van der Waals surface area (Å²) in [4.78, 5) is 25.3. The number of nitro groups is 1. The fourth-order valence-corrected chi connectivity index (χ4v) is 3.14. The molecule has 0 N–H and O–H groups in total. The molecule has 0 saturated carbocycles. The van der Waals surface area contributed by atoms with Crippen LogP contribution < -0.4 is 9.64 Å². The summed E-state index contributed by atoms with van der Waals surface area (Å²) in [7, 11) is 0. The fourth-order valence-electron chi connectivity index (χ4n) is 2.88. The highest BCUT2D eigenvalue weighted by atomic mass is 79.9. The number of ether oxygens (including phenoxy) is 1. The zero-order chi connectivity index (χ0) is 17.8. The van der Waals surface area contributed by atoms with Crippen LogP contribution >= 0.6 is 15.9 Å². The van der Waals surface area contributed by atoms with Crippen LogP contribution in [0.3, 0.4) is 0 Å². The predicted molar refractivity (Wildman–Crippen MR) is 98.3 cm³/mol. The second-order valence-electron chi connectivity index (χ2n) is 5.85. The molecule has 2 aromatic carbocycles. The summed E-state index contributed by atoms with van der Waals surface area (Å²) >= 11 is 3.32. The van der Waals surface area contributed by atoms with Crippen molar-refractivity contribution in [3.05, 3.63) is 62.6 Å². The molecular weight excluding hydrogens is 388 g/mol. The topological polar surface area (TPSA) is 72.7 Å². The predicted octanol–water partition coefficient (Wildman–Crippen LogP) is 4.57. The van der Waals surface area contributed by atoms with Crippen LogP contribution in [-0.2, 0) is 0 Å². The smallest absolute Gasteiger partial charge is 0.345 e. The quantitative estimate of drug-likeness (QED) is 0.323. The molecule has 3 rings (SSSR count). The van der Waals surface area contributed by atoms with Gasteiger partial charge in [0, 0.05) is 29.7 Å². The summed E-state index contributed by atoms with van der Waals surface area (Å²) in [5, 5.41) is 11.1. The molecule has 0 aromatic heterocycles. The lowest BCUT2D eigenvalue weighted by Gasteiger charge is -2.30. The Morgan fingerprint density at radius 3 is 2.40 bits per heavy atom. The minimum Gasteiger partial charge on any atom is -0.423 e. The van der Waals surface area contributed by atoms with Crippen LogP contribution in [-0.4, -0.2) is 24.0 Å². The number of anilines is 1. The number of piperidine rings is 1. The van der Waals surface area contributed by atoms with Crippen molar-refractivity contribution >= 4 is 33.3 Å². The molecule has 0 bridgehead atoms. The van der Waals surface area contributed by atoms with E-state index in [0.717, 1.165) is 36.8 Å². The number of hydrogen-bond donors (Lipinski definition) is 0. The van der Waals surface area contributed by atoms with E-state index in [1.165, 1.54) is 12.1 Å². The SMILES string of the molecule is O=C(Oc1ccc(Br)cc1)c1cc([N+](=O)[O-])ccc1N1CCCCC1. The number of nitro benzene ring substituents is 1. The lowest BCUT2D eigenvalue weighted by Crippen LogP contribution is -2.31. The van der Waals surface area contributed by atoms with Gasteiger partial charge in [0.1, 0.15) is 5.75 Å². The number of rotatable bonds is 4. The van der Waals surface area contributed by atoms with Crippen molar-refractivity contribution in [3.8, 4) is 5.75 Å². The Balaban J connectivity index is 1.92. The first-order valence-corrected chi connectivity index (χ1v) is 8.85. The first-order valence-electron chi connectivity index (χ1n) is 8.06. The molecule has 0 spiro atoms. The van der Waals surface area contributed by atoms with Gasteiger partial charge in [-0.3, -0.25) is 10.1 Å². The largest absolute Gasteiger partial charge is 0.423 e. The van der Waals surface area contributed by atoms with Crippen LogP contribution in [0.15, 0.2) is 46.9 Å². The monoisotopic (exact) mass is 404 g/mol. The average Bonchev–Trinajstić information content (AvgIpc) is 2.63. The molecule has 0 atom stereocenters. The van der Waals surface area contributed by atoms with Crippen molar-refractivity contribution in [2.24, 2.45) is 0 Å². The van der Waals surface area contributed by atoms with Gasteiger partial charge in [-0.25, -0.2) is 4.79 Å². The number of carbonyl (C=O) groups excluding carboxylic acids is 1. The van der Waals surface area contributed by atoms with Gasteiger partial charge in [-0.05, 0) is 49.6 Å². The average molecular weight is 405 g/mol. The normalized spacial score (nSPS) is 14.2. The highest BCUT2D eigenvalue weighted by Gasteiger charge is 2.23. The Labute approximate surface area is 153 Å². The highest BCUT2D eigenvalue weighted by molar-refractivity contribution is 9.10. The molecule has 1 aliphatic rings. The molecule has 6 nitrogen and oxygen atoms in total. The molecule has 1 aliphatic heterocycles. The second kappa shape index (κ2) is 7.65. The van der Waals surface area contributed by atoms with E-state index in [2.05, 4.69) is 20.8 Å². The maximum Gasteiger partial charge on any atom is 0.345 e. The van der Waals surface area contributed by atoms with Crippen molar-refractivity contribution in [2.75, 3.05) is 18.0 Å². The van der Waals surface area contributed by atoms with Crippen molar-refractivity contribution in [3.63, 3.8) is 0 Å². The first-order chi connectivity index (χ1) is 12.0. The Kier molecular flexibility index (Phi) is 5.33. The number of carbonyl (C=O) groups is 1. The van der Waals surface area contributed by atoms with Gasteiger partial charge in [0.15, 0.2) is 0 Å². The van der Waals surface area contributed by atoms with Gasteiger partial charge in [0.05, 0.1) is 16.2 Å².